The molecule has 3 N–H and O–H groups in total. The van der Waals surface area contributed by atoms with E-state index in [9.17, 15) is 9.59 Å². The van der Waals surface area contributed by atoms with Crippen molar-refractivity contribution < 1.29 is 14.3 Å². The number of likely N-dealkylation sites (tertiary alicyclic amines) is 1. The molecule has 1 aliphatic rings. The van der Waals surface area contributed by atoms with Crippen molar-refractivity contribution in [2.75, 3.05) is 19.7 Å². The van der Waals surface area contributed by atoms with Gasteiger partial charge >= 0.3 is 6.03 Å². The van der Waals surface area contributed by atoms with Crippen molar-refractivity contribution in [1.82, 2.24) is 10.2 Å². The van der Waals surface area contributed by atoms with Crippen LogP contribution in [0.2, 0.25) is 0 Å². The van der Waals surface area contributed by atoms with Gasteiger partial charge in [0.1, 0.15) is 6.04 Å². The predicted molar refractivity (Wildman–Crippen MR) is 86.4 cm³/mol. The number of carbonyl (C=O) groups is 2. The van der Waals surface area contributed by atoms with E-state index in [1.165, 1.54) is 0 Å². The minimum absolute atomic E-state index is 0.0533. The maximum absolute atomic E-state index is 12.8. The first-order chi connectivity index (χ1) is 10.3. The van der Waals surface area contributed by atoms with E-state index >= 15 is 0 Å². The molecule has 0 aliphatic carbocycles. The zero-order valence-corrected chi connectivity index (χ0v) is 14.4. The molecule has 6 nitrogen and oxygen atoms in total. The maximum atomic E-state index is 12.8. The number of nitrogens with zero attached hydrogens (tertiary/aromatic N) is 1. The summed E-state index contributed by atoms with van der Waals surface area (Å²) in [6, 6.07) is -1.26. The van der Waals surface area contributed by atoms with E-state index < -0.39 is 12.1 Å². The summed E-state index contributed by atoms with van der Waals surface area (Å²) >= 11 is 0. The van der Waals surface area contributed by atoms with Crippen LogP contribution in [0.1, 0.15) is 53.4 Å². The first-order valence-electron chi connectivity index (χ1n) is 8.22. The topological polar surface area (TPSA) is 84.7 Å². The number of primary amides is 1. The molecule has 1 saturated heterocycles. The van der Waals surface area contributed by atoms with Crippen LogP contribution in [0.4, 0.5) is 4.79 Å². The summed E-state index contributed by atoms with van der Waals surface area (Å²) in [5, 5.41) is 2.60. The molecule has 0 aromatic rings. The molecule has 0 radical (unpaired) electrons. The fourth-order valence-corrected chi connectivity index (χ4v) is 2.71. The van der Waals surface area contributed by atoms with Crippen LogP contribution >= 0.6 is 0 Å². The third kappa shape index (κ3) is 5.83. The zero-order chi connectivity index (χ0) is 16.8. The van der Waals surface area contributed by atoms with Gasteiger partial charge in [0.05, 0.1) is 6.10 Å². The van der Waals surface area contributed by atoms with Crippen molar-refractivity contribution in [3.05, 3.63) is 0 Å². The lowest BCUT2D eigenvalue weighted by Gasteiger charge is -2.34. The second-order valence-electron chi connectivity index (χ2n) is 7.06. The van der Waals surface area contributed by atoms with Gasteiger partial charge in [-0.3, -0.25) is 4.79 Å². The van der Waals surface area contributed by atoms with Crippen molar-refractivity contribution >= 4 is 11.9 Å². The van der Waals surface area contributed by atoms with Crippen LogP contribution < -0.4 is 11.1 Å². The maximum Gasteiger partial charge on any atom is 0.312 e. The fourth-order valence-electron chi connectivity index (χ4n) is 2.71. The van der Waals surface area contributed by atoms with Crippen LogP contribution in [0, 0.1) is 5.41 Å². The number of nitrogens with one attached hydrogen (secondary N) is 1. The van der Waals surface area contributed by atoms with E-state index in [4.69, 9.17) is 10.5 Å². The quantitative estimate of drug-likeness (QED) is 0.812. The van der Waals surface area contributed by atoms with E-state index in [1.54, 1.807) is 0 Å². The molecule has 1 heterocycles. The zero-order valence-electron chi connectivity index (χ0n) is 14.4. The largest absolute Gasteiger partial charge is 0.378 e. The van der Waals surface area contributed by atoms with Crippen molar-refractivity contribution in [1.29, 1.82) is 0 Å². The van der Waals surface area contributed by atoms with E-state index in [0.29, 0.717) is 13.1 Å². The Morgan fingerprint density at radius 3 is 2.55 bits per heavy atom. The smallest absolute Gasteiger partial charge is 0.312 e. The molecule has 6 heteroatoms. The lowest BCUT2D eigenvalue weighted by Crippen LogP contribution is -2.56. The summed E-state index contributed by atoms with van der Waals surface area (Å²) in [4.78, 5) is 25.8. The van der Waals surface area contributed by atoms with E-state index in [2.05, 4.69) is 12.2 Å². The van der Waals surface area contributed by atoms with Crippen molar-refractivity contribution in [2.24, 2.45) is 11.1 Å². The van der Waals surface area contributed by atoms with E-state index in [0.717, 1.165) is 32.3 Å². The number of hydrogen-bond acceptors (Lipinski definition) is 3. The van der Waals surface area contributed by atoms with Crippen LogP contribution in [0.5, 0.6) is 0 Å². The van der Waals surface area contributed by atoms with Crippen LogP contribution in [0.25, 0.3) is 0 Å². The summed E-state index contributed by atoms with van der Waals surface area (Å²) < 4.78 is 5.80. The van der Waals surface area contributed by atoms with Crippen LogP contribution in [-0.4, -0.2) is 48.7 Å². The van der Waals surface area contributed by atoms with Gasteiger partial charge in [-0.2, -0.15) is 0 Å². The Kier molecular flexibility index (Phi) is 7.13. The molecule has 0 spiro atoms. The third-order valence-corrected chi connectivity index (χ3v) is 3.94. The highest BCUT2D eigenvalue weighted by Gasteiger charge is 2.35. The molecule has 0 aromatic heterocycles. The second kappa shape index (κ2) is 8.36. The summed E-state index contributed by atoms with van der Waals surface area (Å²) in [7, 11) is 0. The normalized spacial score (nSPS) is 21.1. The molecule has 1 fully saturated rings. The van der Waals surface area contributed by atoms with Crippen molar-refractivity contribution in [3.63, 3.8) is 0 Å². The highest BCUT2D eigenvalue weighted by Crippen LogP contribution is 2.23. The Bertz CT molecular complexity index is 379. The summed E-state index contributed by atoms with van der Waals surface area (Å²) in [6.45, 7) is 10.0. The molecule has 2 atom stereocenters. The van der Waals surface area contributed by atoms with Gasteiger partial charge in [0.25, 0.3) is 0 Å². The first kappa shape index (κ1) is 18.7. The van der Waals surface area contributed by atoms with Gasteiger partial charge in [-0.05, 0) is 31.1 Å². The number of nitrogens with two attached hydrogens (primary N) is 1. The fraction of sp³-hybridized carbons (Fsp3) is 0.875. The van der Waals surface area contributed by atoms with Gasteiger partial charge in [-0.15, -0.1) is 0 Å². The van der Waals surface area contributed by atoms with Crippen LogP contribution in [0.3, 0.4) is 0 Å². The third-order valence-electron chi connectivity index (χ3n) is 3.94. The van der Waals surface area contributed by atoms with Crippen LogP contribution in [0.15, 0.2) is 0 Å². The summed E-state index contributed by atoms with van der Waals surface area (Å²) in [5.41, 5.74) is 4.85. The number of urea groups is 1. The average molecular weight is 313 g/mol. The molecule has 0 aromatic carbocycles. The molecular formula is C16H31N3O3. The standard InChI is InChI=1S/C16H31N3O3/c1-5-11-22-12-7-6-9-19(10-8-12)14(20)13(16(2,3)4)18-15(17)21/h12-13H,5-11H2,1-4H3,(H3,17,18,21)/t12-,13-/m1/s1. The molecular weight excluding hydrogens is 282 g/mol. The van der Waals surface area contributed by atoms with E-state index in [1.807, 2.05) is 25.7 Å². The van der Waals surface area contributed by atoms with Crippen LogP contribution in [-0.2, 0) is 9.53 Å². The minimum Gasteiger partial charge on any atom is -0.378 e. The number of hydrogen-bond donors (Lipinski definition) is 2. The molecule has 0 unspecified atom stereocenters. The van der Waals surface area contributed by atoms with Gasteiger partial charge in [-0.1, -0.05) is 27.7 Å². The Labute approximate surface area is 133 Å². The highest BCUT2D eigenvalue weighted by atomic mass is 16.5. The molecule has 128 valence electrons. The monoisotopic (exact) mass is 313 g/mol. The summed E-state index contributed by atoms with van der Waals surface area (Å²) in [6.07, 6.45) is 3.99. The van der Waals surface area contributed by atoms with Crippen molar-refractivity contribution in [3.8, 4) is 0 Å². The van der Waals surface area contributed by atoms with Gasteiger partial charge in [0, 0.05) is 19.7 Å². The number of rotatable bonds is 5. The van der Waals surface area contributed by atoms with Gasteiger partial charge in [0.2, 0.25) is 5.91 Å². The Balaban J connectivity index is 2.68. The Morgan fingerprint density at radius 1 is 1.32 bits per heavy atom. The number of carbonyl (C=O) groups excluding carboxylic acids is 2. The SMILES string of the molecule is CCCO[C@@H]1CCCN(C(=O)[C@@H](NC(N)=O)C(C)(C)C)CC1. The van der Waals surface area contributed by atoms with Gasteiger partial charge in [-0.25, -0.2) is 4.79 Å². The molecule has 1 rings (SSSR count). The molecule has 1 aliphatic heterocycles. The molecule has 3 amide bonds. The number of ether oxygens (including phenoxy) is 1. The van der Waals surface area contributed by atoms with Crippen molar-refractivity contribution in [2.45, 2.75) is 65.5 Å². The molecule has 22 heavy (non-hydrogen) atoms. The Hall–Kier alpha value is -1.30. The van der Waals surface area contributed by atoms with E-state index in [-0.39, 0.29) is 17.4 Å². The molecule has 0 bridgehead atoms. The number of amides is 3. The minimum atomic E-state index is -0.660. The lowest BCUT2D eigenvalue weighted by molar-refractivity contribution is -0.135. The Morgan fingerprint density at radius 2 is 2.00 bits per heavy atom. The highest BCUT2D eigenvalue weighted by molar-refractivity contribution is 5.87. The lowest BCUT2D eigenvalue weighted by atomic mass is 9.85. The molecule has 0 saturated carbocycles. The van der Waals surface area contributed by atoms with Gasteiger partial charge in [0.15, 0.2) is 0 Å². The predicted octanol–water partition coefficient (Wildman–Crippen LogP) is 1.88. The average Bonchev–Trinajstić information content (AvgIpc) is 2.66. The van der Waals surface area contributed by atoms with Gasteiger partial charge < -0.3 is 20.7 Å². The first-order valence-corrected chi connectivity index (χ1v) is 8.22. The second-order valence-corrected chi connectivity index (χ2v) is 7.06. The summed E-state index contributed by atoms with van der Waals surface area (Å²) in [5.74, 6) is -0.0533.